The summed E-state index contributed by atoms with van der Waals surface area (Å²) in [5, 5.41) is 19.0. The summed E-state index contributed by atoms with van der Waals surface area (Å²) in [4.78, 5) is 9.55. The molecule has 3 aromatic rings. The zero-order chi connectivity index (χ0) is 19.7. The molecule has 144 valence electrons. The van der Waals surface area contributed by atoms with Crippen molar-refractivity contribution in [2.24, 2.45) is 0 Å². The van der Waals surface area contributed by atoms with E-state index in [0.717, 1.165) is 16.6 Å². The Labute approximate surface area is 162 Å². The number of methoxy groups -OCH3 is 2. The van der Waals surface area contributed by atoms with Crippen LogP contribution < -0.4 is 9.47 Å². The molecule has 4 rings (SSSR count). The van der Waals surface area contributed by atoms with Gasteiger partial charge in [-0.25, -0.2) is 4.98 Å². The van der Waals surface area contributed by atoms with E-state index in [0.29, 0.717) is 42.4 Å². The predicted molar refractivity (Wildman–Crippen MR) is 108 cm³/mol. The Balaban J connectivity index is 1.49. The number of rotatable bonds is 6. The van der Waals surface area contributed by atoms with E-state index in [1.165, 1.54) is 0 Å². The van der Waals surface area contributed by atoms with Gasteiger partial charge in [0.15, 0.2) is 11.5 Å². The minimum absolute atomic E-state index is 0.163. The minimum Gasteiger partial charge on any atom is -0.510 e. The summed E-state index contributed by atoms with van der Waals surface area (Å²) in [6, 6.07) is 13.5. The quantitative estimate of drug-likeness (QED) is 0.611. The van der Waals surface area contributed by atoms with Gasteiger partial charge in [0.2, 0.25) is 0 Å². The standard InChI is InChI=1S/C21H22N4O3/c1-27-17-8-7-13(11-18(17)28-2)9-10-25-12-16(26)19(20(25)22)21-23-14-5-3-4-6-15(14)24-21/h3-8,11,22,26H,9-10,12H2,1-2H3,(H,23,24). The molecule has 0 fully saturated rings. The summed E-state index contributed by atoms with van der Waals surface area (Å²) >= 11 is 0. The molecule has 0 radical (unpaired) electrons. The van der Waals surface area contributed by atoms with E-state index in [4.69, 9.17) is 14.9 Å². The average molecular weight is 378 g/mol. The number of nitrogens with zero attached hydrogens (tertiary/aromatic N) is 2. The zero-order valence-corrected chi connectivity index (χ0v) is 15.8. The molecule has 7 nitrogen and oxygen atoms in total. The summed E-state index contributed by atoms with van der Waals surface area (Å²) in [5.41, 5.74) is 3.23. The smallest absolute Gasteiger partial charge is 0.160 e. The van der Waals surface area contributed by atoms with Crippen LogP contribution in [0.5, 0.6) is 11.5 Å². The summed E-state index contributed by atoms with van der Waals surface area (Å²) in [7, 11) is 3.22. The third kappa shape index (κ3) is 3.15. The van der Waals surface area contributed by atoms with Crippen molar-refractivity contribution in [2.45, 2.75) is 6.42 Å². The van der Waals surface area contributed by atoms with Crippen molar-refractivity contribution in [1.29, 1.82) is 5.41 Å². The van der Waals surface area contributed by atoms with E-state index in [1.807, 2.05) is 47.4 Å². The Bertz CT molecular complexity index is 1040. The topological polar surface area (TPSA) is 94.5 Å². The first-order valence-corrected chi connectivity index (χ1v) is 9.02. The average Bonchev–Trinajstić information content (AvgIpc) is 3.25. The molecule has 28 heavy (non-hydrogen) atoms. The fourth-order valence-electron chi connectivity index (χ4n) is 3.44. The number of aromatic amines is 1. The lowest BCUT2D eigenvalue weighted by atomic mass is 10.1. The largest absolute Gasteiger partial charge is 0.510 e. The number of para-hydroxylation sites is 2. The van der Waals surface area contributed by atoms with E-state index < -0.39 is 0 Å². The van der Waals surface area contributed by atoms with Crippen molar-refractivity contribution < 1.29 is 14.6 Å². The van der Waals surface area contributed by atoms with Crippen molar-refractivity contribution in [2.75, 3.05) is 27.3 Å². The van der Waals surface area contributed by atoms with Crippen LogP contribution in [0.2, 0.25) is 0 Å². The molecule has 0 atom stereocenters. The van der Waals surface area contributed by atoms with E-state index in [2.05, 4.69) is 9.97 Å². The fraction of sp³-hybridized carbons (Fsp3) is 0.238. The summed E-state index contributed by atoms with van der Waals surface area (Å²) in [6.45, 7) is 0.903. The first kappa shape index (κ1) is 17.9. The Kier molecular flexibility index (Phi) is 4.65. The number of H-pyrrole nitrogens is 1. The minimum atomic E-state index is 0.163. The van der Waals surface area contributed by atoms with Gasteiger partial charge in [-0.15, -0.1) is 0 Å². The molecule has 0 aliphatic carbocycles. The number of aliphatic hydroxyl groups is 1. The lowest BCUT2D eigenvalue weighted by Crippen LogP contribution is -2.29. The lowest BCUT2D eigenvalue weighted by molar-refractivity contribution is 0.349. The number of hydrogen-bond acceptors (Lipinski definition) is 5. The molecule has 0 unspecified atom stereocenters. The summed E-state index contributed by atoms with van der Waals surface area (Å²) < 4.78 is 10.6. The van der Waals surface area contributed by atoms with Gasteiger partial charge in [-0.05, 0) is 36.2 Å². The Morgan fingerprint density at radius 2 is 1.93 bits per heavy atom. The molecule has 0 bridgehead atoms. The molecular formula is C21H22N4O3. The maximum Gasteiger partial charge on any atom is 0.160 e. The number of aliphatic hydroxyl groups excluding tert-OH is 1. The van der Waals surface area contributed by atoms with Gasteiger partial charge in [0.25, 0.3) is 0 Å². The van der Waals surface area contributed by atoms with Gasteiger partial charge in [0.1, 0.15) is 17.4 Å². The molecule has 0 amide bonds. The number of hydrogen-bond donors (Lipinski definition) is 3. The predicted octanol–water partition coefficient (Wildman–Crippen LogP) is 3.38. The highest BCUT2D eigenvalue weighted by Crippen LogP contribution is 2.29. The molecule has 1 aromatic heterocycles. The van der Waals surface area contributed by atoms with Gasteiger partial charge < -0.3 is 24.5 Å². The number of benzene rings is 2. The van der Waals surface area contributed by atoms with Crippen molar-refractivity contribution in [3.05, 3.63) is 59.6 Å². The second-order valence-electron chi connectivity index (χ2n) is 6.63. The molecule has 2 aromatic carbocycles. The van der Waals surface area contributed by atoms with Gasteiger partial charge in [-0.1, -0.05) is 18.2 Å². The number of imidazole rings is 1. The fourth-order valence-corrected chi connectivity index (χ4v) is 3.44. The van der Waals surface area contributed by atoms with Crippen LogP contribution in [0, 0.1) is 5.41 Å². The summed E-state index contributed by atoms with van der Waals surface area (Å²) in [6.07, 6.45) is 0.712. The number of nitrogens with one attached hydrogen (secondary N) is 2. The molecule has 7 heteroatoms. The number of fused-ring (bicyclic) bond motifs is 1. The third-order valence-corrected chi connectivity index (χ3v) is 4.93. The second-order valence-corrected chi connectivity index (χ2v) is 6.63. The van der Waals surface area contributed by atoms with Gasteiger partial charge >= 0.3 is 0 Å². The third-order valence-electron chi connectivity index (χ3n) is 4.93. The molecular weight excluding hydrogens is 356 g/mol. The maximum absolute atomic E-state index is 10.5. The number of amidine groups is 1. The van der Waals surface area contributed by atoms with Gasteiger partial charge in [0.05, 0.1) is 37.4 Å². The molecule has 0 spiro atoms. The van der Waals surface area contributed by atoms with Crippen LogP contribution in [0.3, 0.4) is 0 Å². The number of ether oxygens (including phenoxy) is 2. The first-order valence-electron chi connectivity index (χ1n) is 9.02. The van der Waals surface area contributed by atoms with Crippen LogP contribution >= 0.6 is 0 Å². The Hall–Kier alpha value is -3.48. The van der Waals surface area contributed by atoms with E-state index >= 15 is 0 Å². The van der Waals surface area contributed by atoms with E-state index in [-0.39, 0.29) is 11.6 Å². The van der Waals surface area contributed by atoms with Crippen LogP contribution in [0.1, 0.15) is 11.4 Å². The van der Waals surface area contributed by atoms with Gasteiger partial charge in [-0.3, -0.25) is 5.41 Å². The van der Waals surface area contributed by atoms with E-state index in [9.17, 15) is 5.11 Å². The lowest BCUT2D eigenvalue weighted by Gasteiger charge is -2.18. The Morgan fingerprint density at radius 3 is 2.68 bits per heavy atom. The highest BCUT2D eigenvalue weighted by molar-refractivity contribution is 6.23. The highest BCUT2D eigenvalue weighted by atomic mass is 16.5. The van der Waals surface area contributed by atoms with Crippen LogP contribution in [0.25, 0.3) is 16.6 Å². The molecule has 3 N–H and O–H groups in total. The molecule has 1 aliphatic rings. The molecule has 0 saturated heterocycles. The zero-order valence-electron chi connectivity index (χ0n) is 15.8. The van der Waals surface area contributed by atoms with Crippen molar-refractivity contribution in [1.82, 2.24) is 14.9 Å². The van der Waals surface area contributed by atoms with Crippen LogP contribution in [0.15, 0.2) is 48.2 Å². The second kappa shape index (κ2) is 7.26. The normalized spacial score (nSPS) is 14.2. The molecule has 1 aliphatic heterocycles. The van der Waals surface area contributed by atoms with Gasteiger partial charge in [0, 0.05) is 6.54 Å². The van der Waals surface area contributed by atoms with Crippen LogP contribution in [-0.4, -0.2) is 53.1 Å². The van der Waals surface area contributed by atoms with Gasteiger partial charge in [-0.2, -0.15) is 0 Å². The van der Waals surface area contributed by atoms with Crippen molar-refractivity contribution >= 4 is 22.4 Å². The monoisotopic (exact) mass is 378 g/mol. The SMILES string of the molecule is COc1ccc(CCN2CC(O)=C(c3nc4ccccc4[nH]3)C2=N)cc1OC. The first-order chi connectivity index (χ1) is 13.6. The Morgan fingerprint density at radius 1 is 1.14 bits per heavy atom. The van der Waals surface area contributed by atoms with Crippen LogP contribution in [0.4, 0.5) is 0 Å². The molecule has 0 saturated carbocycles. The highest BCUT2D eigenvalue weighted by Gasteiger charge is 2.30. The van der Waals surface area contributed by atoms with Crippen molar-refractivity contribution in [3.63, 3.8) is 0 Å². The van der Waals surface area contributed by atoms with E-state index in [1.54, 1.807) is 14.2 Å². The van der Waals surface area contributed by atoms with Crippen LogP contribution in [-0.2, 0) is 6.42 Å². The summed E-state index contributed by atoms with van der Waals surface area (Å²) in [5.74, 6) is 2.33. The molecule has 2 heterocycles. The maximum atomic E-state index is 10.5. The van der Waals surface area contributed by atoms with Crippen molar-refractivity contribution in [3.8, 4) is 11.5 Å². The number of aromatic nitrogens is 2.